The van der Waals surface area contributed by atoms with Crippen LogP contribution in [0.1, 0.15) is 12.5 Å². The van der Waals surface area contributed by atoms with E-state index in [2.05, 4.69) is 5.32 Å². The van der Waals surface area contributed by atoms with E-state index in [1.54, 1.807) is 18.2 Å². The number of hydrogen-bond acceptors (Lipinski definition) is 7. The highest BCUT2D eigenvalue weighted by molar-refractivity contribution is 7.92. The van der Waals surface area contributed by atoms with E-state index in [0.29, 0.717) is 5.69 Å². The smallest absolute Gasteiger partial charge is 0.324 e. The van der Waals surface area contributed by atoms with Crippen molar-refractivity contribution in [1.29, 1.82) is 0 Å². The van der Waals surface area contributed by atoms with Crippen LogP contribution >= 0.6 is 0 Å². The molecule has 0 saturated carbocycles. The number of non-ortho nitro benzene ring substituents is 1. The first-order valence-electron chi connectivity index (χ1n) is 8.13. The number of aryl methyl sites for hydroxylation is 1. The molecule has 1 N–H and O–H groups in total. The maximum atomic E-state index is 12.5. The Morgan fingerprint density at radius 1 is 1.18 bits per heavy atom. The minimum absolute atomic E-state index is 0.258. The number of hydrogen-bond donors (Lipinski definition) is 1. The molecule has 0 aliphatic carbocycles. The van der Waals surface area contributed by atoms with Crippen molar-refractivity contribution < 1.29 is 27.7 Å². The van der Waals surface area contributed by atoms with Gasteiger partial charge in [-0.3, -0.25) is 19.7 Å². The number of nitrogens with one attached hydrogen (secondary N) is 1. The number of nitro groups is 1. The molecule has 1 atom stereocenters. The fourth-order valence-electron chi connectivity index (χ4n) is 2.26. The molecule has 10 heteroatoms. The molecule has 148 valence electrons. The van der Waals surface area contributed by atoms with Crippen LogP contribution in [-0.4, -0.2) is 37.1 Å². The predicted molar refractivity (Wildman–Crippen MR) is 101 cm³/mol. The third kappa shape index (κ3) is 5.13. The maximum absolute atomic E-state index is 12.5. The molecule has 0 radical (unpaired) electrons. The van der Waals surface area contributed by atoms with Crippen LogP contribution in [0.4, 0.5) is 11.4 Å². The Morgan fingerprint density at radius 2 is 1.82 bits per heavy atom. The Balaban J connectivity index is 1.98. The van der Waals surface area contributed by atoms with Gasteiger partial charge in [0, 0.05) is 17.8 Å². The largest absolute Gasteiger partial charge is 0.455 e. The summed E-state index contributed by atoms with van der Waals surface area (Å²) in [5, 5.41) is 11.6. The van der Waals surface area contributed by atoms with Gasteiger partial charge in [0.2, 0.25) is 0 Å². The van der Waals surface area contributed by atoms with Crippen LogP contribution in [0.15, 0.2) is 53.4 Å². The van der Waals surface area contributed by atoms with Gasteiger partial charge in [0.25, 0.3) is 11.6 Å². The van der Waals surface area contributed by atoms with Crippen molar-refractivity contribution in [1.82, 2.24) is 0 Å². The number of carbonyl (C=O) groups excluding carboxylic acids is 2. The fraction of sp³-hybridized carbons (Fsp3) is 0.222. The fourth-order valence-corrected chi connectivity index (χ4v) is 3.51. The van der Waals surface area contributed by atoms with Gasteiger partial charge in [0.15, 0.2) is 21.7 Å². The van der Waals surface area contributed by atoms with Gasteiger partial charge in [-0.15, -0.1) is 0 Å². The van der Waals surface area contributed by atoms with Crippen molar-refractivity contribution in [3.63, 3.8) is 0 Å². The van der Waals surface area contributed by atoms with E-state index in [1.165, 1.54) is 0 Å². The highest BCUT2D eigenvalue weighted by Crippen LogP contribution is 2.20. The summed E-state index contributed by atoms with van der Waals surface area (Å²) in [6.07, 6.45) is 0. The SMILES string of the molecule is Cc1cccc(NC(=O)COC(=O)[C@H](C)S(=O)(=O)c2ccc([N+](=O)[O-])cc2)c1. The molecular formula is C18H18N2O7S. The minimum Gasteiger partial charge on any atom is -0.455 e. The summed E-state index contributed by atoms with van der Waals surface area (Å²) in [6, 6.07) is 11.1. The summed E-state index contributed by atoms with van der Waals surface area (Å²) in [4.78, 5) is 33.7. The highest BCUT2D eigenvalue weighted by atomic mass is 32.2. The number of ether oxygens (including phenoxy) is 1. The van der Waals surface area contributed by atoms with Crippen molar-refractivity contribution in [3.05, 3.63) is 64.2 Å². The highest BCUT2D eigenvalue weighted by Gasteiger charge is 2.31. The zero-order valence-corrected chi connectivity index (χ0v) is 15.9. The lowest BCUT2D eigenvalue weighted by molar-refractivity contribution is -0.384. The first-order chi connectivity index (χ1) is 13.1. The van der Waals surface area contributed by atoms with E-state index in [4.69, 9.17) is 4.74 Å². The van der Waals surface area contributed by atoms with Crippen molar-refractivity contribution >= 4 is 33.1 Å². The summed E-state index contributed by atoms with van der Waals surface area (Å²) in [5.74, 6) is -1.71. The number of rotatable bonds is 7. The molecule has 0 fully saturated rings. The standard InChI is InChI=1S/C18H18N2O7S/c1-12-4-3-5-14(10-12)19-17(21)11-27-18(22)13(2)28(25,26)16-8-6-15(7-9-16)20(23)24/h3-10,13H,11H2,1-2H3,(H,19,21)/t13-/m0/s1. The van der Waals surface area contributed by atoms with Gasteiger partial charge in [-0.25, -0.2) is 8.42 Å². The van der Waals surface area contributed by atoms with Crippen LogP contribution in [0, 0.1) is 17.0 Å². The molecule has 2 rings (SSSR count). The maximum Gasteiger partial charge on any atom is 0.324 e. The topological polar surface area (TPSA) is 133 Å². The molecule has 0 aliphatic heterocycles. The van der Waals surface area contributed by atoms with Gasteiger partial charge in [0.05, 0.1) is 9.82 Å². The zero-order chi connectivity index (χ0) is 20.9. The molecule has 1 amide bonds. The molecular weight excluding hydrogens is 388 g/mol. The van der Waals surface area contributed by atoms with Gasteiger partial charge >= 0.3 is 5.97 Å². The van der Waals surface area contributed by atoms with Crippen LogP contribution in [0.25, 0.3) is 0 Å². The number of nitro benzene ring substituents is 1. The third-order valence-corrected chi connectivity index (χ3v) is 5.87. The van der Waals surface area contributed by atoms with E-state index >= 15 is 0 Å². The molecule has 0 unspecified atom stereocenters. The van der Waals surface area contributed by atoms with Gasteiger partial charge in [-0.05, 0) is 43.7 Å². The lowest BCUT2D eigenvalue weighted by Gasteiger charge is -2.13. The van der Waals surface area contributed by atoms with Crippen molar-refractivity contribution in [3.8, 4) is 0 Å². The van der Waals surface area contributed by atoms with Crippen LogP contribution in [-0.2, 0) is 24.2 Å². The van der Waals surface area contributed by atoms with E-state index in [1.807, 2.05) is 13.0 Å². The molecule has 9 nitrogen and oxygen atoms in total. The molecule has 0 saturated heterocycles. The molecule has 28 heavy (non-hydrogen) atoms. The molecule has 2 aromatic rings. The second-order valence-corrected chi connectivity index (χ2v) is 8.23. The first-order valence-corrected chi connectivity index (χ1v) is 9.67. The van der Waals surface area contributed by atoms with E-state index < -0.39 is 38.5 Å². The van der Waals surface area contributed by atoms with Gasteiger partial charge in [-0.2, -0.15) is 0 Å². The number of nitrogens with zero attached hydrogens (tertiary/aromatic N) is 1. The first kappa shape index (κ1) is 21.0. The monoisotopic (exact) mass is 406 g/mol. The van der Waals surface area contributed by atoms with Crippen LogP contribution in [0.3, 0.4) is 0 Å². The van der Waals surface area contributed by atoms with Gasteiger partial charge in [-0.1, -0.05) is 12.1 Å². The summed E-state index contributed by atoms with van der Waals surface area (Å²) in [7, 11) is -4.12. The normalized spacial score (nSPS) is 12.1. The second-order valence-electron chi connectivity index (χ2n) is 5.96. The number of sulfone groups is 1. The number of esters is 1. The Morgan fingerprint density at radius 3 is 2.39 bits per heavy atom. The summed E-state index contributed by atoms with van der Waals surface area (Å²) >= 11 is 0. The Kier molecular flexibility index (Phi) is 6.47. The van der Waals surface area contributed by atoms with Crippen molar-refractivity contribution in [2.75, 3.05) is 11.9 Å². The number of amides is 1. The van der Waals surface area contributed by atoms with Crippen LogP contribution in [0.2, 0.25) is 0 Å². The Bertz CT molecular complexity index is 1000. The quantitative estimate of drug-likeness (QED) is 0.423. The summed E-state index contributed by atoms with van der Waals surface area (Å²) in [5.41, 5.74) is 1.17. The molecule has 0 spiro atoms. The lowest BCUT2D eigenvalue weighted by Crippen LogP contribution is -2.31. The van der Waals surface area contributed by atoms with Gasteiger partial charge in [0.1, 0.15) is 0 Å². The van der Waals surface area contributed by atoms with Crippen molar-refractivity contribution in [2.24, 2.45) is 0 Å². The number of anilines is 1. The second kappa shape index (κ2) is 8.61. The van der Waals surface area contributed by atoms with Gasteiger partial charge < -0.3 is 10.1 Å². The third-order valence-electron chi connectivity index (χ3n) is 3.82. The lowest BCUT2D eigenvalue weighted by atomic mass is 10.2. The zero-order valence-electron chi connectivity index (χ0n) is 15.1. The average molecular weight is 406 g/mol. The Labute approximate surface area is 161 Å². The van der Waals surface area contributed by atoms with Crippen molar-refractivity contribution in [2.45, 2.75) is 24.0 Å². The molecule has 0 aliphatic rings. The summed E-state index contributed by atoms with van der Waals surface area (Å²) in [6.45, 7) is 2.32. The van der Waals surface area contributed by atoms with E-state index in [0.717, 1.165) is 36.8 Å². The Hall–Kier alpha value is -3.27. The number of carbonyl (C=O) groups is 2. The number of benzene rings is 2. The minimum atomic E-state index is -4.12. The average Bonchev–Trinajstić information content (AvgIpc) is 2.65. The van der Waals surface area contributed by atoms with Crippen LogP contribution in [0.5, 0.6) is 0 Å². The summed E-state index contributed by atoms with van der Waals surface area (Å²) < 4.78 is 29.7. The molecule has 0 heterocycles. The molecule has 2 aromatic carbocycles. The molecule has 0 aromatic heterocycles. The van der Waals surface area contributed by atoms with Crippen LogP contribution < -0.4 is 5.32 Å². The van der Waals surface area contributed by atoms with E-state index in [9.17, 15) is 28.1 Å². The van der Waals surface area contributed by atoms with E-state index in [-0.39, 0.29) is 10.6 Å². The molecule has 0 bridgehead atoms. The predicted octanol–water partition coefficient (Wildman–Crippen LogP) is 2.25.